The number of aliphatic carboxylic acids is 2. The number of hydrogen-bond acceptors (Lipinski definition) is 8. The second kappa shape index (κ2) is 14.2. The molecule has 40 heavy (non-hydrogen) atoms. The van der Waals surface area contributed by atoms with E-state index >= 15 is 0 Å². The van der Waals surface area contributed by atoms with Gasteiger partial charge in [-0.25, -0.2) is 4.79 Å². The smallest absolute Gasteiger partial charge is 0.326 e. The number of benzene rings is 1. The van der Waals surface area contributed by atoms with E-state index in [-0.39, 0.29) is 19.3 Å². The fourth-order valence-corrected chi connectivity index (χ4v) is 3.79. The predicted octanol–water partition coefficient (Wildman–Crippen LogP) is -2.81. The van der Waals surface area contributed by atoms with Crippen molar-refractivity contribution in [1.82, 2.24) is 20.9 Å². The number of carboxylic acids is 2. The maximum atomic E-state index is 13.2. The number of fused-ring (bicyclic) bond motifs is 1. The molecule has 2 aromatic rings. The number of hydrogen-bond donors (Lipinski definition) is 9. The average Bonchev–Trinajstić information content (AvgIpc) is 3.27. The molecule has 16 nitrogen and oxygen atoms in total. The number of H-pyrrole nitrogens is 1. The number of para-hydroxylation sites is 1. The molecule has 5 amide bonds. The Hall–Kier alpha value is -4.99. The molecular formula is C24H31N7O9. The number of carbonyl (C=O) groups excluding carboxylic acids is 5. The summed E-state index contributed by atoms with van der Waals surface area (Å²) in [6.45, 7) is 0. The lowest BCUT2D eigenvalue weighted by atomic mass is 10.0. The lowest BCUT2D eigenvalue weighted by Gasteiger charge is -2.25. The second-order valence-corrected chi connectivity index (χ2v) is 8.97. The Morgan fingerprint density at radius 1 is 0.800 bits per heavy atom. The molecule has 0 aliphatic rings. The quantitative estimate of drug-likeness (QED) is 0.101. The molecule has 0 fully saturated rings. The fraction of sp³-hybridized carbons (Fsp3) is 0.375. The molecule has 216 valence electrons. The van der Waals surface area contributed by atoms with Gasteiger partial charge in [-0.2, -0.15) is 0 Å². The summed E-state index contributed by atoms with van der Waals surface area (Å²) < 4.78 is 0. The van der Waals surface area contributed by atoms with Crippen molar-refractivity contribution < 1.29 is 43.8 Å². The largest absolute Gasteiger partial charge is 0.481 e. The number of aromatic amines is 1. The van der Waals surface area contributed by atoms with Crippen LogP contribution in [0.1, 0.15) is 31.2 Å². The van der Waals surface area contributed by atoms with Gasteiger partial charge in [-0.05, 0) is 18.1 Å². The highest BCUT2D eigenvalue weighted by atomic mass is 16.4. The second-order valence-electron chi connectivity index (χ2n) is 8.97. The minimum atomic E-state index is -1.69. The van der Waals surface area contributed by atoms with Gasteiger partial charge in [-0.1, -0.05) is 18.2 Å². The summed E-state index contributed by atoms with van der Waals surface area (Å²) >= 11 is 0. The molecule has 16 heteroatoms. The first-order chi connectivity index (χ1) is 18.8. The molecule has 0 bridgehead atoms. The van der Waals surface area contributed by atoms with Crippen LogP contribution in [0.15, 0.2) is 30.5 Å². The number of carboxylic acid groups (broad SMARTS) is 2. The van der Waals surface area contributed by atoms with Gasteiger partial charge in [-0.3, -0.25) is 28.8 Å². The summed E-state index contributed by atoms with van der Waals surface area (Å²) in [6.07, 6.45) is -0.684. The average molecular weight is 562 g/mol. The van der Waals surface area contributed by atoms with Crippen LogP contribution in [0.4, 0.5) is 0 Å². The number of carbonyl (C=O) groups is 7. The Morgan fingerprint density at radius 2 is 1.40 bits per heavy atom. The highest BCUT2D eigenvalue weighted by molar-refractivity contribution is 5.96. The van der Waals surface area contributed by atoms with E-state index in [4.69, 9.17) is 22.3 Å². The topological polar surface area (TPSA) is 290 Å². The van der Waals surface area contributed by atoms with Crippen LogP contribution in [0.2, 0.25) is 0 Å². The number of nitrogens with one attached hydrogen (secondary N) is 4. The lowest BCUT2D eigenvalue weighted by Crippen LogP contribution is -2.58. The van der Waals surface area contributed by atoms with Crippen molar-refractivity contribution in [3.05, 3.63) is 36.0 Å². The summed E-state index contributed by atoms with van der Waals surface area (Å²) in [5.74, 6) is -7.63. The Kier molecular flexibility index (Phi) is 11.1. The molecule has 0 saturated heterocycles. The van der Waals surface area contributed by atoms with Crippen molar-refractivity contribution in [3.63, 3.8) is 0 Å². The van der Waals surface area contributed by atoms with E-state index in [1.165, 1.54) is 0 Å². The lowest BCUT2D eigenvalue weighted by molar-refractivity contribution is -0.143. The Labute approximate surface area is 227 Å². The molecule has 1 heterocycles. The monoisotopic (exact) mass is 561 g/mol. The zero-order chi connectivity index (χ0) is 30.0. The predicted molar refractivity (Wildman–Crippen MR) is 138 cm³/mol. The van der Waals surface area contributed by atoms with Gasteiger partial charge in [0.2, 0.25) is 29.5 Å². The third-order valence-electron chi connectivity index (χ3n) is 5.80. The van der Waals surface area contributed by atoms with Crippen molar-refractivity contribution in [2.45, 2.75) is 56.3 Å². The molecule has 1 aromatic heterocycles. The SMILES string of the molecule is NC(=O)CCC(NC(=O)C(N)CC(=O)O)C(=O)NC(Cc1c[nH]c2ccccc12)C(=O)NC(CC(N)=O)C(=O)O. The maximum Gasteiger partial charge on any atom is 0.326 e. The number of amides is 5. The van der Waals surface area contributed by atoms with Crippen LogP contribution in [-0.2, 0) is 40.0 Å². The van der Waals surface area contributed by atoms with Gasteiger partial charge in [0, 0.05) is 29.9 Å². The third kappa shape index (κ3) is 9.39. The Bertz CT molecular complexity index is 1290. The zero-order valence-electron chi connectivity index (χ0n) is 21.2. The Morgan fingerprint density at radius 3 is 2.00 bits per heavy atom. The summed E-state index contributed by atoms with van der Waals surface area (Å²) in [7, 11) is 0. The molecule has 0 saturated carbocycles. The first-order valence-corrected chi connectivity index (χ1v) is 12.0. The van der Waals surface area contributed by atoms with Crippen molar-refractivity contribution >= 4 is 52.4 Å². The standard InChI is InChI=1S/C24H31N7O9/c25-13(8-20(34)35)21(36)29-15(5-6-18(26)32)22(37)30-16(23(38)31-17(24(39)40)9-19(27)33)7-11-10-28-14-4-2-1-3-12(11)14/h1-4,10,13,15-17,28H,5-9,25H2,(H2,26,32)(H2,27,33)(H,29,36)(H,30,37)(H,31,38)(H,34,35)(H,39,40). The van der Waals surface area contributed by atoms with E-state index in [0.29, 0.717) is 10.9 Å². The van der Waals surface area contributed by atoms with E-state index in [9.17, 15) is 38.7 Å². The summed E-state index contributed by atoms with van der Waals surface area (Å²) in [5.41, 5.74) is 17.1. The van der Waals surface area contributed by atoms with Crippen LogP contribution in [-0.4, -0.2) is 80.8 Å². The number of rotatable bonds is 16. The van der Waals surface area contributed by atoms with E-state index < -0.39 is 78.5 Å². The van der Waals surface area contributed by atoms with E-state index in [1.807, 2.05) is 0 Å². The van der Waals surface area contributed by atoms with Gasteiger partial charge in [0.15, 0.2) is 0 Å². The van der Waals surface area contributed by atoms with Crippen LogP contribution in [0.5, 0.6) is 0 Å². The number of nitrogens with two attached hydrogens (primary N) is 3. The van der Waals surface area contributed by atoms with Crippen LogP contribution in [0, 0.1) is 0 Å². The molecule has 0 aliphatic carbocycles. The van der Waals surface area contributed by atoms with Gasteiger partial charge in [0.1, 0.15) is 18.1 Å². The van der Waals surface area contributed by atoms with Crippen molar-refractivity contribution in [2.75, 3.05) is 0 Å². The summed E-state index contributed by atoms with van der Waals surface area (Å²) in [5, 5.41) is 25.8. The molecular weight excluding hydrogens is 530 g/mol. The van der Waals surface area contributed by atoms with Crippen LogP contribution < -0.4 is 33.2 Å². The molecule has 0 aliphatic heterocycles. The molecule has 0 spiro atoms. The minimum absolute atomic E-state index is 0.153. The normalized spacial score (nSPS) is 13.8. The first-order valence-electron chi connectivity index (χ1n) is 12.0. The maximum absolute atomic E-state index is 13.2. The van der Waals surface area contributed by atoms with Gasteiger partial charge in [0.05, 0.1) is 18.9 Å². The van der Waals surface area contributed by atoms with Crippen molar-refractivity contribution in [2.24, 2.45) is 17.2 Å². The van der Waals surface area contributed by atoms with Crippen LogP contribution in [0.3, 0.4) is 0 Å². The molecule has 12 N–H and O–H groups in total. The first kappa shape index (κ1) is 31.2. The summed E-state index contributed by atoms with van der Waals surface area (Å²) in [4.78, 5) is 86.9. The fourth-order valence-electron chi connectivity index (χ4n) is 3.79. The molecule has 4 atom stereocenters. The number of aromatic nitrogens is 1. The highest BCUT2D eigenvalue weighted by Crippen LogP contribution is 2.19. The highest BCUT2D eigenvalue weighted by Gasteiger charge is 2.32. The molecule has 2 rings (SSSR count). The molecule has 1 aromatic carbocycles. The van der Waals surface area contributed by atoms with Crippen molar-refractivity contribution in [1.29, 1.82) is 0 Å². The molecule has 4 unspecified atom stereocenters. The summed E-state index contributed by atoms with van der Waals surface area (Å²) in [6, 6.07) is 0.956. The van der Waals surface area contributed by atoms with E-state index in [2.05, 4.69) is 20.9 Å². The number of primary amides is 2. The van der Waals surface area contributed by atoms with Gasteiger partial charge in [0.25, 0.3) is 0 Å². The molecule has 0 radical (unpaired) electrons. The van der Waals surface area contributed by atoms with Gasteiger partial charge < -0.3 is 48.3 Å². The zero-order valence-corrected chi connectivity index (χ0v) is 21.2. The van der Waals surface area contributed by atoms with Gasteiger partial charge in [-0.15, -0.1) is 0 Å². The third-order valence-corrected chi connectivity index (χ3v) is 5.80. The van der Waals surface area contributed by atoms with Crippen LogP contribution >= 0.6 is 0 Å². The van der Waals surface area contributed by atoms with E-state index in [1.54, 1.807) is 30.5 Å². The van der Waals surface area contributed by atoms with Crippen LogP contribution in [0.25, 0.3) is 10.9 Å². The minimum Gasteiger partial charge on any atom is -0.481 e. The van der Waals surface area contributed by atoms with E-state index in [0.717, 1.165) is 5.52 Å². The van der Waals surface area contributed by atoms with Gasteiger partial charge >= 0.3 is 11.9 Å². The Balaban J connectivity index is 2.34. The van der Waals surface area contributed by atoms with Crippen molar-refractivity contribution in [3.8, 4) is 0 Å².